The van der Waals surface area contributed by atoms with Gasteiger partial charge in [0.25, 0.3) is 0 Å². The van der Waals surface area contributed by atoms with Crippen molar-refractivity contribution < 1.29 is 27.8 Å². The van der Waals surface area contributed by atoms with Gasteiger partial charge in [0.15, 0.2) is 5.82 Å². The average molecular weight is 347 g/mol. The maximum absolute atomic E-state index is 13.5. The summed E-state index contributed by atoms with van der Waals surface area (Å²) < 4.78 is 47.1. The number of alkyl halides is 3. The molecule has 1 aliphatic carbocycles. The fourth-order valence-electron chi connectivity index (χ4n) is 3.19. The number of hydrogen-bond acceptors (Lipinski definition) is 4. The smallest absolute Gasteiger partial charge is 0.377 e. The van der Waals surface area contributed by atoms with E-state index >= 15 is 0 Å². The highest BCUT2D eigenvalue weighted by atomic mass is 19.4. The van der Waals surface area contributed by atoms with Gasteiger partial charge < -0.3 is 19.3 Å². The quantitative estimate of drug-likeness (QED) is 0.889. The summed E-state index contributed by atoms with van der Waals surface area (Å²) in [7, 11) is 1.35. The van der Waals surface area contributed by atoms with Gasteiger partial charge in [-0.2, -0.15) is 13.2 Å². The Morgan fingerprint density at radius 1 is 1.46 bits per heavy atom. The minimum absolute atomic E-state index is 0.204. The van der Waals surface area contributed by atoms with Crippen LogP contribution >= 0.6 is 0 Å². The minimum atomic E-state index is -5.01. The first kappa shape index (κ1) is 17.2. The molecule has 0 bridgehead atoms. The molecule has 3 rings (SSSR count). The Bertz CT molecular complexity index is 615. The van der Waals surface area contributed by atoms with E-state index in [4.69, 9.17) is 4.74 Å². The van der Waals surface area contributed by atoms with E-state index < -0.39 is 29.9 Å². The molecule has 1 saturated heterocycles. The van der Waals surface area contributed by atoms with E-state index in [2.05, 4.69) is 4.98 Å². The molecule has 1 aromatic rings. The molecule has 1 amide bonds. The van der Waals surface area contributed by atoms with Gasteiger partial charge in [0.05, 0.1) is 25.7 Å². The van der Waals surface area contributed by atoms with E-state index in [1.54, 1.807) is 0 Å². The lowest BCUT2D eigenvalue weighted by molar-refractivity contribution is -0.272. The van der Waals surface area contributed by atoms with Gasteiger partial charge in [-0.25, -0.2) is 4.98 Å². The average Bonchev–Trinajstić information content (AvgIpc) is 3.27. The van der Waals surface area contributed by atoms with Crippen LogP contribution in [0.15, 0.2) is 12.4 Å². The Balaban J connectivity index is 1.84. The first-order valence-electron chi connectivity index (χ1n) is 7.88. The fourth-order valence-corrected chi connectivity index (χ4v) is 3.19. The summed E-state index contributed by atoms with van der Waals surface area (Å²) in [5, 5.41) is 10.3. The normalized spacial score (nSPS) is 24.7. The van der Waals surface area contributed by atoms with Gasteiger partial charge in [-0.1, -0.05) is 0 Å². The van der Waals surface area contributed by atoms with Crippen LogP contribution in [0.3, 0.4) is 0 Å². The lowest BCUT2D eigenvalue weighted by atomic mass is 9.95. The van der Waals surface area contributed by atoms with Crippen LogP contribution in [0.2, 0.25) is 0 Å². The van der Waals surface area contributed by atoms with Crippen LogP contribution in [0.1, 0.15) is 25.1 Å². The predicted octanol–water partition coefficient (Wildman–Crippen LogP) is 1.20. The zero-order valence-electron chi connectivity index (χ0n) is 13.3. The topological polar surface area (TPSA) is 67.6 Å². The van der Waals surface area contributed by atoms with E-state index in [9.17, 15) is 23.1 Å². The molecular weight excluding hydrogens is 327 g/mol. The lowest BCUT2D eigenvalue weighted by Gasteiger charge is -2.38. The highest BCUT2D eigenvalue weighted by molar-refractivity contribution is 5.78. The number of ether oxygens (including phenoxy) is 1. The molecule has 0 radical (unpaired) electrons. The molecule has 2 atom stereocenters. The third-order valence-electron chi connectivity index (χ3n) is 4.72. The minimum Gasteiger partial charge on any atom is -0.377 e. The largest absolute Gasteiger partial charge is 0.425 e. The first-order chi connectivity index (χ1) is 11.2. The molecule has 0 aromatic carbocycles. The van der Waals surface area contributed by atoms with Crippen molar-refractivity contribution in [2.75, 3.05) is 19.8 Å². The number of rotatable bonds is 4. The van der Waals surface area contributed by atoms with Crippen molar-refractivity contribution in [3.05, 3.63) is 18.2 Å². The van der Waals surface area contributed by atoms with Crippen molar-refractivity contribution in [2.45, 2.75) is 37.1 Å². The number of aromatic nitrogens is 2. The van der Waals surface area contributed by atoms with Gasteiger partial charge in [0.2, 0.25) is 11.5 Å². The number of imidazole rings is 1. The monoisotopic (exact) mass is 347 g/mol. The second-order valence-corrected chi connectivity index (χ2v) is 6.46. The van der Waals surface area contributed by atoms with Crippen LogP contribution in [0.5, 0.6) is 0 Å². The molecule has 6 nitrogen and oxygen atoms in total. The summed E-state index contributed by atoms with van der Waals surface area (Å²) in [6, 6.07) is -0.204. The Morgan fingerprint density at radius 2 is 2.17 bits per heavy atom. The van der Waals surface area contributed by atoms with Gasteiger partial charge in [-0.15, -0.1) is 0 Å². The van der Waals surface area contributed by atoms with Crippen LogP contribution in [-0.4, -0.2) is 57.4 Å². The van der Waals surface area contributed by atoms with Crippen molar-refractivity contribution in [1.82, 2.24) is 14.5 Å². The van der Waals surface area contributed by atoms with E-state index in [0.717, 1.165) is 23.6 Å². The summed E-state index contributed by atoms with van der Waals surface area (Å²) in [5.41, 5.74) is -3.31. The van der Waals surface area contributed by atoms with Crippen LogP contribution < -0.4 is 0 Å². The third-order valence-corrected chi connectivity index (χ3v) is 4.72. The Hall–Kier alpha value is -1.61. The Kier molecular flexibility index (Phi) is 4.33. The number of amides is 1. The van der Waals surface area contributed by atoms with Crippen molar-refractivity contribution in [1.29, 1.82) is 0 Å². The molecule has 2 unspecified atom stereocenters. The number of aryl methyl sites for hydroxylation is 1. The molecule has 1 aliphatic heterocycles. The molecule has 2 heterocycles. The van der Waals surface area contributed by atoms with Gasteiger partial charge >= 0.3 is 6.18 Å². The number of carbonyl (C=O) groups excluding carboxylic acids is 1. The molecule has 1 aromatic heterocycles. The molecule has 0 spiro atoms. The van der Waals surface area contributed by atoms with Crippen molar-refractivity contribution in [2.24, 2.45) is 13.0 Å². The Labute approximate surface area is 137 Å². The van der Waals surface area contributed by atoms with Crippen LogP contribution in [0.4, 0.5) is 13.2 Å². The van der Waals surface area contributed by atoms with Gasteiger partial charge in [-0.05, 0) is 18.8 Å². The van der Waals surface area contributed by atoms with Crippen molar-refractivity contribution >= 4 is 5.91 Å². The van der Waals surface area contributed by atoms with Crippen LogP contribution in [0.25, 0.3) is 0 Å². The molecule has 2 aliphatic rings. The number of hydrogen-bond donors (Lipinski definition) is 1. The third kappa shape index (κ3) is 3.02. The molecule has 134 valence electrons. The van der Waals surface area contributed by atoms with E-state index in [1.807, 2.05) is 0 Å². The van der Waals surface area contributed by atoms with Gasteiger partial charge in [0.1, 0.15) is 0 Å². The number of morpholine rings is 1. The molecule has 24 heavy (non-hydrogen) atoms. The fraction of sp³-hybridized carbons (Fsp3) is 0.733. The van der Waals surface area contributed by atoms with E-state index in [1.165, 1.54) is 18.1 Å². The lowest BCUT2D eigenvalue weighted by Crippen LogP contribution is -2.54. The molecule has 1 N–H and O–H groups in total. The molecular formula is C15H20F3N3O3. The second kappa shape index (κ2) is 6.03. The van der Waals surface area contributed by atoms with E-state index in [-0.39, 0.29) is 18.5 Å². The van der Waals surface area contributed by atoms with Crippen molar-refractivity contribution in [3.8, 4) is 0 Å². The standard InChI is InChI=1S/C15H20F3N3O3/c1-20-5-4-19-13(20)14(23,15(16,17)18)8-12(22)21-6-7-24-9-11(21)10-2-3-10/h4-5,10-11,23H,2-3,6-9H2,1H3. The number of nitrogens with zero attached hydrogens (tertiary/aromatic N) is 3. The summed E-state index contributed by atoms with van der Waals surface area (Å²) in [4.78, 5) is 17.6. The predicted molar refractivity (Wildman–Crippen MR) is 76.8 cm³/mol. The molecule has 2 fully saturated rings. The maximum atomic E-state index is 13.5. The Morgan fingerprint density at radius 3 is 2.71 bits per heavy atom. The number of halogens is 3. The summed E-state index contributed by atoms with van der Waals surface area (Å²) in [5.74, 6) is -1.03. The molecule has 1 saturated carbocycles. The number of aliphatic hydroxyl groups is 1. The van der Waals surface area contributed by atoms with Crippen LogP contribution in [-0.2, 0) is 22.2 Å². The zero-order valence-corrected chi connectivity index (χ0v) is 13.3. The SMILES string of the molecule is Cn1ccnc1C(O)(CC(=O)N1CCOCC1C1CC1)C(F)(F)F. The van der Waals surface area contributed by atoms with Crippen molar-refractivity contribution in [3.63, 3.8) is 0 Å². The summed E-state index contributed by atoms with van der Waals surface area (Å²) in [6.45, 7) is 0.875. The van der Waals surface area contributed by atoms with E-state index in [0.29, 0.717) is 13.2 Å². The molecule has 9 heteroatoms. The van der Waals surface area contributed by atoms with Gasteiger partial charge in [0, 0.05) is 26.0 Å². The maximum Gasteiger partial charge on any atom is 0.425 e. The first-order valence-corrected chi connectivity index (χ1v) is 7.88. The highest BCUT2D eigenvalue weighted by Crippen LogP contribution is 2.42. The van der Waals surface area contributed by atoms with Crippen LogP contribution in [0, 0.1) is 5.92 Å². The summed E-state index contributed by atoms with van der Waals surface area (Å²) >= 11 is 0. The number of carbonyl (C=O) groups is 1. The zero-order chi connectivity index (χ0) is 17.5. The second-order valence-electron chi connectivity index (χ2n) is 6.46. The van der Waals surface area contributed by atoms with Gasteiger partial charge in [-0.3, -0.25) is 4.79 Å². The summed E-state index contributed by atoms with van der Waals surface area (Å²) in [6.07, 6.45) is -1.73. The highest BCUT2D eigenvalue weighted by Gasteiger charge is 2.59.